The number of esters is 1. The molecule has 0 saturated heterocycles. The smallest absolute Gasteiger partial charge is 0.341 e. The van der Waals surface area contributed by atoms with Crippen molar-refractivity contribution in [2.75, 3.05) is 21.3 Å². The lowest BCUT2D eigenvalue weighted by Crippen LogP contribution is -2.51. The number of hydrogen-bond acceptors (Lipinski definition) is 7. The van der Waals surface area contributed by atoms with E-state index < -0.39 is 17.5 Å². The van der Waals surface area contributed by atoms with Crippen molar-refractivity contribution in [3.8, 4) is 17.2 Å². The quantitative estimate of drug-likeness (QED) is 0.565. The molecule has 1 fully saturated rings. The Hall–Kier alpha value is -3.19. The third-order valence-corrected chi connectivity index (χ3v) is 7.82. The minimum Gasteiger partial charge on any atom is -0.497 e. The molecule has 184 valence electrons. The fraction of sp³-hybridized carbons (Fsp3) is 0.464. The molecule has 0 unspecified atom stereocenters. The standard InChI is InChI=1S/C28H30O7/c1-30-19-9-7-18(8-10-19)28-15-17-13-21(31-2)22(32-3)14-20(17)25(34-28)24-23(33-28)16-27(35-26(24)29)11-5-4-6-12-27/h7-10,13-14,25H,4-6,11-12,15-16H2,1-3H3/t25-,28-/m0/s1. The molecule has 0 amide bonds. The number of rotatable bonds is 4. The van der Waals surface area contributed by atoms with Crippen LogP contribution in [0, 0.1) is 0 Å². The van der Waals surface area contributed by atoms with Crippen molar-refractivity contribution in [1.29, 1.82) is 0 Å². The molecular formula is C28H30O7. The molecule has 35 heavy (non-hydrogen) atoms. The highest BCUT2D eigenvalue weighted by molar-refractivity contribution is 5.92. The number of fused-ring (bicyclic) bond motifs is 5. The van der Waals surface area contributed by atoms with Crippen LogP contribution in [-0.4, -0.2) is 32.9 Å². The minimum atomic E-state index is -1.07. The van der Waals surface area contributed by atoms with E-state index in [1.165, 1.54) is 6.42 Å². The lowest BCUT2D eigenvalue weighted by atomic mass is 9.77. The summed E-state index contributed by atoms with van der Waals surface area (Å²) in [6.45, 7) is 0. The van der Waals surface area contributed by atoms with E-state index in [9.17, 15) is 4.79 Å². The molecule has 2 atom stereocenters. The average molecular weight is 479 g/mol. The van der Waals surface area contributed by atoms with Crippen LogP contribution in [0.2, 0.25) is 0 Å². The summed E-state index contributed by atoms with van der Waals surface area (Å²) < 4.78 is 36.0. The van der Waals surface area contributed by atoms with Crippen LogP contribution in [0.1, 0.15) is 61.3 Å². The first-order valence-electron chi connectivity index (χ1n) is 12.2. The van der Waals surface area contributed by atoms with Crippen LogP contribution < -0.4 is 14.2 Å². The molecule has 2 bridgehead atoms. The molecule has 4 aliphatic rings. The van der Waals surface area contributed by atoms with Gasteiger partial charge in [-0.05, 0) is 73.2 Å². The SMILES string of the molecule is COc1ccc([C@]23Cc4cc(OC)c(OC)cc4[C@H](O2)C2=C(CC4(CCCCC4)OC2=O)O3)cc1. The monoisotopic (exact) mass is 478 g/mol. The van der Waals surface area contributed by atoms with Gasteiger partial charge in [0.05, 0.1) is 21.3 Å². The molecule has 7 heteroatoms. The Morgan fingerprint density at radius 1 is 0.857 bits per heavy atom. The van der Waals surface area contributed by atoms with Crippen LogP contribution in [0.4, 0.5) is 0 Å². The average Bonchev–Trinajstić information content (AvgIpc) is 2.88. The van der Waals surface area contributed by atoms with Gasteiger partial charge in [-0.2, -0.15) is 0 Å². The maximum absolute atomic E-state index is 13.5. The Bertz CT molecular complexity index is 1190. The molecule has 0 radical (unpaired) electrons. The van der Waals surface area contributed by atoms with Gasteiger partial charge in [0.25, 0.3) is 0 Å². The molecule has 3 aliphatic heterocycles. The van der Waals surface area contributed by atoms with Crippen molar-refractivity contribution in [1.82, 2.24) is 0 Å². The van der Waals surface area contributed by atoms with Crippen LogP contribution in [0.5, 0.6) is 17.2 Å². The highest BCUT2D eigenvalue weighted by Gasteiger charge is 2.56. The molecule has 0 N–H and O–H groups in total. The summed E-state index contributed by atoms with van der Waals surface area (Å²) in [7, 11) is 4.86. The number of carbonyl (C=O) groups excluding carboxylic acids is 1. The Kier molecular flexibility index (Phi) is 5.22. The van der Waals surface area contributed by atoms with Gasteiger partial charge in [-0.15, -0.1) is 0 Å². The maximum atomic E-state index is 13.5. The van der Waals surface area contributed by atoms with E-state index in [-0.39, 0.29) is 5.97 Å². The third kappa shape index (κ3) is 3.47. The molecule has 6 rings (SSSR count). The number of hydrogen-bond donors (Lipinski definition) is 0. The Labute approximate surface area is 204 Å². The molecule has 0 aromatic heterocycles. The predicted octanol–water partition coefficient (Wildman–Crippen LogP) is 5.11. The maximum Gasteiger partial charge on any atom is 0.341 e. The van der Waals surface area contributed by atoms with Crippen molar-refractivity contribution < 1.29 is 33.2 Å². The van der Waals surface area contributed by atoms with Gasteiger partial charge < -0.3 is 28.4 Å². The predicted molar refractivity (Wildman–Crippen MR) is 126 cm³/mol. The van der Waals surface area contributed by atoms with Crippen molar-refractivity contribution in [2.24, 2.45) is 0 Å². The van der Waals surface area contributed by atoms with Gasteiger partial charge in [0, 0.05) is 18.4 Å². The van der Waals surface area contributed by atoms with Crippen molar-refractivity contribution in [3.63, 3.8) is 0 Å². The second-order valence-corrected chi connectivity index (χ2v) is 9.81. The highest BCUT2D eigenvalue weighted by atomic mass is 16.7. The third-order valence-electron chi connectivity index (χ3n) is 7.82. The summed E-state index contributed by atoms with van der Waals surface area (Å²) >= 11 is 0. The lowest BCUT2D eigenvalue weighted by Gasteiger charge is -2.51. The fourth-order valence-corrected chi connectivity index (χ4v) is 6.04. The van der Waals surface area contributed by atoms with Crippen LogP contribution in [0.15, 0.2) is 47.7 Å². The van der Waals surface area contributed by atoms with E-state index in [0.717, 1.165) is 48.1 Å². The van der Waals surface area contributed by atoms with Crippen LogP contribution in [0.3, 0.4) is 0 Å². The second-order valence-electron chi connectivity index (χ2n) is 9.81. The fourth-order valence-electron chi connectivity index (χ4n) is 6.04. The van der Waals surface area contributed by atoms with Gasteiger partial charge in [0.15, 0.2) is 11.5 Å². The summed E-state index contributed by atoms with van der Waals surface area (Å²) in [5.41, 5.74) is 2.69. The van der Waals surface area contributed by atoms with Gasteiger partial charge in [-0.3, -0.25) is 0 Å². The number of benzene rings is 2. The zero-order valence-corrected chi connectivity index (χ0v) is 20.3. The first kappa shape index (κ1) is 22.3. The molecular weight excluding hydrogens is 448 g/mol. The number of methoxy groups -OCH3 is 3. The molecule has 2 aromatic carbocycles. The van der Waals surface area contributed by atoms with Crippen molar-refractivity contribution in [3.05, 3.63) is 64.4 Å². The highest BCUT2D eigenvalue weighted by Crippen LogP contribution is 2.56. The normalized spacial score (nSPS) is 26.3. The molecule has 7 nitrogen and oxygen atoms in total. The summed E-state index contributed by atoms with van der Waals surface area (Å²) in [4.78, 5) is 13.5. The first-order chi connectivity index (χ1) is 17.0. The zero-order valence-electron chi connectivity index (χ0n) is 20.3. The van der Waals surface area contributed by atoms with E-state index in [4.69, 9.17) is 28.4 Å². The number of ether oxygens (including phenoxy) is 6. The zero-order chi connectivity index (χ0) is 24.2. The van der Waals surface area contributed by atoms with E-state index in [2.05, 4.69) is 0 Å². The van der Waals surface area contributed by atoms with Crippen LogP contribution >= 0.6 is 0 Å². The summed E-state index contributed by atoms with van der Waals surface area (Å²) in [5.74, 6) is 1.24. The molecule has 1 spiro atoms. The van der Waals surface area contributed by atoms with Crippen molar-refractivity contribution in [2.45, 2.75) is 62.4 Å². The van der Waals surface area contributed by atoms with Crippen LogP contribution in [-0.2, 0) is 31.2 Å². The Morgan fingerprint density at radius 2 is 1.57 bits per heavy atom. The summed E-state index contributed by atoms with van der Waals surface area (Å²) in [5, 5.41) is 0. The minimum absolute atomic E-state index is 0.343. The number of carbonyl (C=O) groups is 1. The molecule has 3 heterocycles. The first-order valence-corrected chi connectivity index (χ1v) is 12.2. The van der Waals surface area contributed by atoms with Crippen molar-refractivity contribution >= 4 is 5.97 Å². The Balaban J connectivity index is 1.52. The summed E-state index contributed by atoms with van der Waals surface area (Å²) in [6.07, 6.45) is 5.42. The van der Waals surface area contributed by atoms with E-state index in [0.29, 0.717) is 35.7 Å². The van der Waals surface area contributed by atoms with Gasteiger partial charge >= 0.3 is 5.97 Å². The molecule has 1 aliphatic carbocycles. The van der Waals surface area contributed by atoms with Gasteiger partial charge in [0.2, 0.25) is 5.79 Å². The van der Waals surface area contributed by atoms with Crippen LogP contribution in [0.25, 0.3) is 0 Å². The largest absolute Gasteiger partial charge is 0.497 e. The Morgan fingerprint density at radius 3 is 2.26 bits per heavy atom. The van der Waals surface area contributed by atoms with E-state index in [1.54, 1.807) is 21.3 Å². The topological polar surface area (TPSA) is 72.5 Å². The van der Waals surface area contributed by atoms with Gasteiger partial charge in [0.1, 0.15) is 28.8 Å². The van der Waals surface area contributed by atoms with Gasteiger partial charge in [-0.1, -0.05) is 6.42 Å². The van der Waals surface area contributed by atoms with Gasteiger partial charge in [-0.25, -0.2) is 4.79 Å². The summed E-state index contributed by atoms with van der Waals surface area (Å²) in [6, 6.07) is 11.6. The molecule has 2 aromatic rings. The van der Waals surface area contributed by atoms with E-state index >= 15 is 0 Å². The molecule has 1 saturated carbocycles. The second kappa shape index (κ2) is 8.19. The van der Waals surface area contributed by atoms with E-state index in [1.807, 2.05) is 36.4 Å². The lowest BCUT2D eigenvalue weighted by molar-refractivity contribution is -0.278.